The second kappa shape index (κ2) is 6.85. The van der Waals surface area contributed by atoms with Crippen molar-refractivity contribution in [2.75, 3.05) is 5.32 Å². The number of carboxylic acids is 1. The molecule has 1 heterocycles. The minimum Gasteiger partial charge on any atom is -0.478 e. The van der Waals surface area contributed by atoms with Gasteiger partial charge in [-0.15, -0.1) is 11.3 Å². The molecule has 2 rings (SSSR count). The Morgan fingerprint density at radius 2 is 1.95 bits per heavy atom. The van der Waals surface area contributed by atoms with E-state index in [1.807, 2.05) is 5.38 Å². The highest BCUT2D eigenvalue weighted by molar-refractivity contribution is 7.15. The lowest BCUT2D eigenvalue weighted by atomic mass is 9.83. The van der Waals surface area contributed by atoms with Gasteiger partial charge in [0, 0.05) is 6.42 Å². The number of aromatic carboxylic acids is 1. The van der Waals surface area contributed by atoms with E-state index in [0.29, 0.717) is 0 Å². The van der Waals surface area contributed by atoms with Crippen LogP contribution in [-0.4, -0.2) is 22.8 Å². The number of nitrogens with one attached hydrogen (secondary N) is 1. The molecule has 0 spiro atoms. The molecule has 2 N–H and O–H groups in total. The van der Waals surface area contributed by atoms with Crippen molar-refractivity contribution < 1.29 is 19.5 Å². The molecule has 0 unspecified atom stereocenters. The molecule has 0 saturated heterocycles. The molecule has 0 aliphatic heterocycles. The van der Waals surface area contributed by atoms with Crippen LogP contribution in [0, 0.1) is 0 Å². The number of carbonyl (C=O) groups is 3. The second-order valence-electron chi connectivity index (χ2n) is 5.27. The van der Waals surface area contributed by atoms with Crippen molar-refractivity contribution in [2.45, 2.75) is 51.4 Å². The maximum atomic E-state index is 11.7. The predicted molar refractivity (Wildman–Crippen MR) is 81.0 cm³/mol. The van der Waals surface area contributed by atoms with Gasteiger partial charge in [0.15, 0.2) is 0 Å². The van der Waals surface area contributed by atoms with E-state index in [4.69, 9.17) is 0 Å². The van der Waals surface area contributed by atoms with Gasteiger partial charge in [0.2, 0.25) is 5.78 Å². The summed E-state index contributed by atoms with van der Waals surface area (Å²) < 4.78 is 0. The van der Waals surface area contributed by atoms with Crippen LogP contribution in [0.15, 0.2) is 5.38 Å². The van der Waals surface area contributed by atoms with E-state index in [-0.39, 0.29) is 22.9 Å². The lowest BCUT2D eigenvalue weighted by molar-refractivity contribution is -0.134. The third-order valence-corrected chi connectivity index (χ3v) is 4.79. The molecule has 0 atom stereocenters. The first kappa shape index (κ1) is 15.7. The largest absolute Gasteiger partial charge is 0.478 e. The highest BCUT2D eigenvalue weighted by Gasteiger charge is 2.27. The Balaban J connectivity index is 2.26. The van der Waals surface area contributed by atoms with Gasteiger partial charge in [0.1, 0.15) is 5.00 Å². The van der Waals surface area contributed by atoms with E-state index in [1.54, 1.807) is 6.92 Å². The molecule has 1 aliphatic carbocycles. The first-order chi connectivity index (χ1) is 10.0. The van der Waals surface area contributed by atoms with E-state index in [9.17, 15) is 19.5 Å². The number of Topliss-reactive ketones (excluding diaryl/α,β-unsaturated/α-hetero) is 1. The number of amides is 1. The molecule has 0 aromatic carbocycles. The van der Waals surface area contributed by atoms with Crippen molar-refractivity contribution in [2.24, 2.45) is 0 Å². The maximum absolute atomic E-state index is 11.7. The SMILES string of the molecule is CCC(=O)C(=O)Nc1scc(C2CCCCC2)c1C(=O)O. The molecule has 6 heteroatoms. The van der Waals surface area contributed by atoms with Gasteiger partial charge < -0.3 is 10.4 Å². The standard InChI is InChI=1S/C15H19NO4S/c1-2-11(17)13(18)16-14-12(15(19)20)10(8-21-14)9-6-4-3-5-7-9/h8-9H,2-7H2,1H3,(H,16,18)(H,19,20). The van der Waals surface area contributed by atoms with Gasteiger partial charge in [-0.3, -0.25) is 9.59 Å². The van der Waals surface area contributed by atoms with Gasteiger partial charge in [-0.05, 0) is 29.7 Å². The number of anilines is 1. The zero-order valence-corrected chi connectivity index (χ0v) is 12.8. The van der Waals surface area contributed by atoms with Crippen LogP contribution < -0.4 is 5.32 Å². The molecule has 0 radical (unpaired) electrons. The number of ketones is 1. The van der Waals surface area contributed by atoms with E-state index < -0.39 is 17.7 Å². The summed E-state index contributed by atoms with van der Waals surface area (Å²) >= 11 is 1.19. The number of carbonyl (C=O) groups excluding carboxylic acids is 2. The van der Waals surface area contributed by atoms with Gasteiger partial charge in [0.25, 0.3) is 5.91 Å². The Bertz CT molecular complexity index is 558. The summed E-state index contributed by atoms with van der Waals surface area (Å²) in [5, 5.41) is 14.0. The fraction of sp³-hybridized carbons (Fsp3) is 0.533. The normalized spacial score (nSPS) is 15.7. The summed E-state index contributed by atoms with van der Waals surface area (Å²) in [6.07, 6.45) is 5.48. The third kappa shape index (κ3) is 3.50. The van der Waals surface area contributed by atoms with Crippen molar-refractivity contribution in [3.05, 3.63) is 16.5 Å². The Morgan fingerprint density at radius 1 is 1.29 bits per heavy atom. The van der Waals surface area contributed by atoms with Crippen LogP contribution in [0.5, 0.6) is 0 Å². The molecule has 5 nitrogen and oxygen atoms in total. The first-order valence-electron chi connectivity index (χ1n) is 7.23. The molecule has 1 aromatic heterocycles. The fourth-order valence-corrected chi connectivity index (χ4v) is 3.76. The highest BCUT2D eigenvalue weighted by atomic mass is 32.1. The fourth-order valence-electron chi connectivity index (χ4n) is 2.73. The van der Waals surface area contributed by atoms with Gasteiger partial charge >= 0.3 is 5.97 Å². The summed E-state index contributed by atoms with van der Waals surface area (Å²) in [6.45, 7) is 1.60. The number of hydrogen-bond donors (Lipinski definition) is 2. The molecule has 1 aromatic rings. The Morgan fingerprint density at radius 3 is 2.52 bits per heavy atom. The highest BCUT2D eigenvalue weighted by Crippen LogP contribution is 2.40. The van der Waals surface area contributed by atoms with Gasteiger partial charge in [-0.25, -0.2) is 4.79 Å². The summed E-state index contributed by atoms with van der Waals surface area (Å²) in [5.74, 6) is -2.08. The Labute approximate surface area is 127 Å². The first-order valence-corrected chi connectivity index (χ1v) is 8.11. The van der Waals surface area contributed by atoms with Crippen molar-refractivity contribution in [1.82, 2.24) is 0 Å². The summed E-state index contributed by atoms with van der Waals surface area (Å²) in [7, 11) is 0. The lowest BCUT2D eigenvalue weighted by Crippen LogP contribution is -2.22. The number of carboxylic acid groups (broad SMARTS) is 1. The van der Waals surface area contributed by atoms with E-state index in [1.165, 1.54) is 17.8 Å². The zero-order chi connectivity index (χ0) is 15.4. The summed E-state index contributed by atoms with van der Waals surface area (Å²) in [5.41, 5.74) is 0.954. The van der Waals surface area contributed by atoms with Crippen LogP contribution in [0.25, 0.3) is 0 Å². The maximum Gasteiger partial charge on any atom is 0.339 e. The number of rotatable bonds is 5. The number of hydrogen-bond acceptors (Lipinski definition) is 4. The molecule has 1 aliphatic rings. The molecule has 1 saturated carbocycles. The topological polar surface area (TPSA) is 83.5 Å². The van der Waals surface area contributed by atoms with Crippen LogP contribution in [0.4, 0.5) is 5.00 Å². The Kier molecular flexibility index (Phi) is 5.12. The molecular weight excluding hydrogens is 290 g/mol. The van der Waals surface area contributed by atoms with E-state index in [2.05, 4.69) is 5.32 Å². The average molecular weight is 309 g/mol. The third-order valence-electron chi connectivity index (χ3n) is 3.88. The van der Waals surface area contributed by atoms with Crippen molar-refractivity contribution >= 4 is 34.0 Å². The number of thiophene rings is 1. The quantitative estimate of drug-likeness (QED) is 0.816. The summed E-state index contributed by atoms with van der Waals surface area (Å²) in [6, 6.07) is 0. The zero-order valence-electron chi connectivity index (χ0n) is 12.0. The Hall–Kier alpha value is -1.69. The molecule has 21 heavy (non-hydrogen) atoms. The van der Waals surface area contributed by atoms with Gasteiger partial charge in [0.05, 0.1) is 5.56 Å². The van der Waals surface area contributed by atoms with Crippen LogP contribution in [0.3, 0.4) is 0 Å². The van der Waals surface area contributed by atoms with Crippen LogP contribution >= 0.6 is 11.3 Å². The van der Waals surface area contributed by atoms with E-state index in [0.717, 1.165) is 31.2 Å². The van der Waals surface area contributed by atoms with Crippen LogP contribution in [0.2, 0.25) is 0 Å². The van der Waals surface area contributed by atoms with Crippen molar-refractivity contribution in [3.63, 3.8) is 0 Å². The second-order valence-corrected chi connectivity index (χ2v) is 6.15. The summed E-state index contributed by atoms with van der Waals surface area (Å²) in [4.78, 5) is 34.5. The monoisotopic (exact) mass is 309 g/mol. The lowest BCUT2D eigenvalue weighted by Gasteiger charge is -2.21. The van der Waals surface area contributed by atoms with Crippen LogP contribution in [0.1, 0.15) is 67.3 Å². The minimum absolute atomic E-state index is 0.106. The minimum atomic E-state index is -1.05. The van der Waals surface area contributed by atoms with Crippen molar-refractivity contribution in [3.8, 4) is 0 Å². The van der Waals surface area contributed by atoms with E-state index >= 15 is 0 Å². The van der Waals surface area contributed by atoms with Gasteiger partial charge in [-0.2, -0.15) is 0 Å². The molecular formula is C15H19NO4S. The van der Waals surface area contributed by atoms with Crippen molar-refractivity contribution in [1.29, 1.82) is 0 Å². The van der Waals surface area contributed by atoms with Gasteiger partial charge in [-0.1, -0.05) is 26.2 Å². The predicted octanol–water partition coefficient (Wildman–Crippen LogP) is 3.41. The molecule has 0 bridgehead atoms. The smallest absolute Gasteiger partial charge is 0.339 e. The average Bonchev–Trinajstić information content (AvgIpc) is 2.91. The molecule has 114 valence electrons. The molecule has 1 amide bonds. The van der Waals surface area contributed by atoms with Crippen LogP contribution in [-0.2, 0) is 9.59 Å². The molecule has 1 fully saturated rings.